The molecular formula is C9H11NO2. The quantitative estimate of drug-likeness (QED) is 0.628. The largest absolute Gasteiger partial charge is 0.315 e. The van der Waals surface area contributed by atoms with E-state index in [0.717, 1.165) is 6.42 Å². The summed E-state index contributed by atoms with van der Waals surface area (Å²) in [4.78, 5) is 21.7. The number of hydrogen-bond acceptors (Lipinski definition) is 2. The lowest BCUT2D eigenvalue weighted by atomic mass is 10.3. The van der Waals surface area contributed by atoms with Crippen molar-refractivity contribution in [1.82, 2.24) is 4.57 Å². The number of nitrogens with zero attached hydrogens (tertiary/aromatic N) is 1. The minimum absolute atomic E-state index is 0.200. The highest BCUT2D eigenvalue weighted by molar-refractivity contribution is 5.73. The third kappa shape index (κ3) is 1.61. The number of aromatic nitrogens is 1. The van der Waals surface area contributed by atoms with Gasteiger partial charge in [0, 0.05) is 12.7 Å². The zero-order valence-electron chi connectivity index (χ0n) is 6.99. The number of hydrogen-bond donors (Lipinski definition) is 0. The zero-order chi connectivity index (χ0) is 8.97. The summed E-state index contributed by atoms with van der Waals surface area (Å²) >= 11 is 0. The highest BCUT2D eigenvalue weighted by atomic mass is 16.1. The average molecular weight is 165 g/mol. The molecule has 0 amide bonds. The van der Waals surface area contributed by atoms with Crippen molar-refractivity contribution in [3.05, 3.63) is 34.2 Å². The molecule has 1 aromatic rings. The molecule has 3 nitrogen and oxygen atoms in total. The highest BCUT2D eigenvalue weighted by Crippen LogP contribution is 1.89. The van der Waals surface area contributed by atoms with Gasteiger partial charge in [-0.1, -0.05) is 6.92 Å². The van der Waals surface area contributed by atoms with Crippen LogP contribution in [0.4, 0.5) is 0 Å². The van der Waals surface area contributed by atoms with Crippen molar-refractivity contribution in [3.8, 4) is 0 Å². The third-order valence-electron chi connectivity index (χ3n) is 1.64. The van der Waals surface area contributed by atoms with E-state index in [9.17, 15) is 9.59 Å². The molecular weight excluding hydrogens is 154 g/mol. The summed E-state index contributed by atoms with van der Waals surface area (Å²) in [5.41, 5.74) is 0.0281. The molecule has 64 valence electrons. The number of aldehydes is 1. The highest BCUT2D eigenvalue weighted by Gasteiger charge is 1.99. The van der Waals surface area contributed by atoms with E-state index in [1.54, 1.807) is 16.8 Å². The van der Waals surface area contributed by atoms with E-state index in [0.29, 0.717) is 12.8 Å². The molecule has 0 atom stereocenters. The molecule has 0 saturated carbocycles. The smallest absolute Gasteiger partial charge is 0.261 e. The van der Waals surface area contributed by atoms with Gasteiger partial charge in [0.1, 0.15) is 0 Å². The van der Waals surface area contributed by atoms with Crippen LogP contribution in [0.15, 0.2) is 23.1 Å². The zero-order valence-corrected chi connectivity index (χ0v) is 6.99. The van der Waals surface area contributed by atoms with Gasteiger partial charge in [-0.25, -0.2) is 0 Å². The van der Waals surface area contributed by atoms with Gasteiger partial charge in [-0.3, -0.25) is 9.59 Å². The SMILES string of the molecule is CCCn1cccc(C=O)c1=O. The molecule has 0 N–H and O–H groups in total. The summed E-state index contributed by atoms with van der Waals surface area (Å²) in [5.74, 6) is 0. The van der Waals surface area contributed by atoms with Gasteiger partial charge in [-0.15, -0.1) is 0 Å². The number of carbonyl (C=O) groups is 1. The first-order valence-electron chi connectivity index (χ1n) is 3.94. The molecule has 0 aliphatic rings. The Morgan fingerprint density at radius 2 is 2.33 bits per heavy atom. The number of rotatable bonds is 3. The fourth-order valence-electron chi connectivity index (χ4n) is 1.06. The fourth-order valence-corrected chi connectivity index (χ4v) is 1.06. The van der Waals surface area contributed by atoms with E-state index in [1.165, 1.54) is 6.07 Å². The first kappa shape index (κ1) is 8.71. The Balaban J connectivity index is 3.14. The van der Waals surface area contributed by atoms with Crippen LogP contribution >= 0.6 is 0 Å². The maximum atomic E-state index is 11.3. The van der Waals surface area contributed by atoms with Crippen LogP contribution in [0, 0.1) is 0 Å². The molecule has 0 spiro atoms. The minimum Gasteiger partial charge on any atom is -0.315 e. The summed E-state index contributed by atoms with van der Waals surface area (Å²) in [5, 5.41) is 0. The molecule has 0 bridgehead atoms. The summed E-state index contributed by atoms with van der Waals surface area (Å²) in [6.07, 6.45) is 3.18. The molecule has 0 aliphatic carbocycles. The third-order valence-corrected chi connectivity index (χ3v) is 1.64. The van der Waals surface area contributed by atoms with Gasteiger partial charge in [0.05, 0.1) is 5.56 Å². The lowest BCUT2D eigenvalue weighted by molar-refractivity contribution is 0.112. The van der Waals surface area contributed by atoms with Gasteiger partial charge < -0.3 is 4.57 Å². The maximum absolute atomic E-state index is 11.3. The van der Waals surface area contributed by atoms with Gasteiger partial charge in [-0.2, -0.15) is 0 Å². The molecule has 0 aliphatic heterocycles. The molecule has 0 unspecified atom stereocenters. The van der Waals surface area contributed by atoms with Gasteiger partial charge in [0.15, 0.2) is 6.29 Å². The van der Waals surface area contributed by atoms with Crippen molar-refractivity contribution in [2.45, 2.75) is 19.9 Å². The molecule has 1 rings (SSSR count). The molecule has 1 heterocycles. The Morgan fingerprint density at radius 3 is 2.92 bits per heavy atom. The van der Waals surface area contributed by atoms with E-state index in [-0.39, 0.29) is 11.1 Å². The van der Waals surface area contributed by atoms with Crippen molar-refractivity contribution in [1.29, 1.82) is 0 Å². The molecule has 12 heavy (non-hydrogen) atoms. The van der Waals surface area contributed by atoms with Crippen LogP contribution in [0.5, 0.6) is 0 Å². The molecule has 0 radical (unpaired) electrons. The van der Waals surface area contributed by atoms with Crippen LogP contribution in [0.1, 0.15) is 23.7 Å². The lowest BCUT2D eigenvalue weighted by Crippen LogP contribution is -2.22. The predicted molar refractivity (Wildman–Crippen MR) is 46.4 cm³/mol. The van der Waals surface area contributed by atoms with E-state index < -0.39 is 0 Å². The van der Waals surface area contributed by atoms with Gasteiger partial charge >= 0.3 is 0 Å². The standard InChI is InChI=1S/C9H11NO2/c1-2-5-10-6-3-4-8(7-11)9(10)12/h3-4,6-7H,2,5H2,1H3. The van der Waals surface area contributed by atoms with E-state index >= 15 is 0 Å². The van der Waals surface area contributed by atoms with Crippen LogP contribution in [0.3, 0.4) is 0 Å². The summed E-state index contributed by atoms with van der Waals surface area (Å²) in [7, 11) is 0. The summed E-state index contributed by atoms with van der Waals surface area (Å²) in [6.45, 7) is 2.65. The van der Waals surface area contributed by atoms with E-state index in [1.807, 2.05) is 6.92 Å². The maximum Gasteiger partial charge on any atom is 0.261 e. The molecule has 0 aromatic carbocycles. The number of carbonyl (C=O) groups excluding carboxylic acids is 1. The Kier molecular flexibility index (Phi) is 2.80. The van der Waals surface area contributed by atoms with Crippen LogP contribution in [-0.4, -0.2) is 10.9 Å². The van der Waals surface area contributed by atoms with Gasteiger partial charge in [-0.05, 0) is 18.6 Å². The van der Waals surface area contributed by atoms with Gasteiger partial charge in [0.2, 0.25) is 0 Å². The number of aryl methyl sites for hydroxylation is 1. The second kappa shape index (κ2) is 3.85. The second-order valence-electron chi connectivity index (χ2n) is 2.58. The first-order valence-corrected chi connectivity index (χ1v) is 3.94. The predicted octanol–water partition coefficient (Wildman–Crippen LogP) is 1.07. The van der Waals surface area contributed by atoms with Gasteiger partial charge in [0.25, 0.3) is 5.56 Å². The topological polar surface area (TPSA) is 39.1 Å². The van der Waals surface area contributed by atoms with Crippen LogP contribution < -0.4 is 5.56 Å². The van der Waals surface area contributed by atoms with Crippen molar-refractivity contribution in [2.24, 2.45) is 0 Å². The Labute approximate surface area is 70.6 Å². The molecule has 1 aromatic heterocycles. The van der Waals surface area contributed by atoms with E-state index in [2.05, 4.69) is 0 Å². The molecule has 0 fully saturated rings. The van der Waals surface area contributed by atoms with Crippen LogP contribution in [0.25, 0.3) is 0 Å². The number of pyridine rings is 1. The lowest BCUT2D eigenvalue weighted by Gasteiger charge is -2.02. The van der Waals surface area contributed by atoms with Crippen molar-refractivity contribution < 1.29 is 4.79 Å². The van der Waals surface area contributed by atoms with Crippen LogP contribution in [-0.2, 0) is 6.54 Å². The normalized spacial score (nSPS) is 9.75. The minimum atomic E-state index is -0.200. The Bertz CT molecular complexity index is 328. The summed E-state index contributed by atoms with van der Waals surface area (Å²) in [6, 6.07) is 3.24. The fraction of sp³-hybridized carbons (Fsp3) is 0.333. The van der Waals surface area contributed by atoms with Crippen LogP contribution in [0.2, 0.25) is 0 Å². The Morgan fingerprint density at radius 1 is 1.58 bits per heavy atom. The molecule has 0 saturated heterocycles. The Hall–Kier alpha value is -1.38. The summed E-state index contributed by atoms with van der Waals surface area (Å²) < 4.78 is 1.55. The monoisotopic (exact) mass is 165 g/mol. The van der Waals surface area contributed by atoms with E-state index in [4.69, 9.17) is 0 Å². The average Bonchev–Trinajstić information content (AvgIpc) is 2.09. The second-order valence-corrected chi connectivity index (χ2v) is 2.58. The van der Waals surface area contributed by atoms with Crippen molar-refractivity contribution >= 4 is 6.29 Å². The first-order chi connectivity index (χ1) is 5.79. The van der Waals surface area contributed by atoms with Crippen molar-refractivity contribution in [3.63, 3.8) is 0 Å². The van der Waals surface area contributed by atoms with Crippen molar-refractivity contribution in [2.75, 3.05) is 0 Å². The molecule has 3 heteroatoms.